The fourth-order valence-corrected chi connectivity index (χ4v) is 3.80. The molecule has 26 heavy (non-hydrogen) atoms. The molecule has 0 saturated carbocycles. The lowest BCUT2D eigenvalue weighted by Gasteiger charge is -2.27. The average Bonchev–Trinajstić information content (AvgIpc) is 3.13. The first-order chi connectivity index (χ1) is 12.4. The molecule has 138 valence electrons. The van der Waals surface area contributed by atoms with Crippen molar-refractivity contribution in [1.29, 1.82) is 0 Å². The van der Waals surface area contributed by atoms with Crippen molar-refractivity contribution in [2.45, 2.75) is 33.9 Å². The minimum atomic E-state index is -1.08. The first kappa shape index (κ1) is 18.5. The number of benzene rings is 1. The lowest BCUT2D eigenvalue weighted by molar-refractivity contribution is -0.137. The minimum absolute atomic E-state index is 0.162. The number of anilines is 2. The molecule has 7 heteroatoms. The molecular weight excluding hydrogens is 348 g/mol. The summed E-state index contributed by atoms with van der Waals surface area (Å²) < 4.78 is 0. The summed E-state index contributed by atoms with van der Waals surface area (Å²) in [6.07, 6.45) is 1.79. The van der Waals surface area contributed by atoms with Gasteiger partial charge in [-0.3, -0.25) is 9.59 Å². The van der Waals surface area contributed by atoms with Gasteiger partial charge in [0.05, 0.1) is 11.4 Å². The highest BCUT2D eigenvalue weighted by molar-refractivity contribution is 7.09. The van der Waals surface area contributed by atoms with Gasteiger partial charge in [0.1, 0.15) is 10.4 Å². The number of nitrogens with zero attached hydrogens (tertiary/aromatic N) is 3. The Morgan fingerprint density at radius 2 is 1.92 bits per heavy atom. The third-order valence-electron chi connectivity index (χ3n) is 4.72. The fourth-order valence-electron chi connectivity index (χ4n) is 3.21. The second-order valence-electron chi connectivity index (χ2n) is 6.89. The van der Waals surface area contributed by atoms with Crippen LogP contribution in [0.3, 0.4) is 0 Å². The van der Waals surface area contributed by atoms with E-state index in [0.29, 0.717) is 19.6 Å². The first-order valence-electron chi connectivity index (χ1n) is 8.68. The summed E-state index contributed by atoms with van der Waals surface area (Å²) in [5.41, 5.74) is 1.53. The molecule has 0 aliphatic carbocycles. The van der Waals surface area contributed by atoms with E-state index in [0.717, 1.165) is 21.9 Å². The van der Waals surface area contributed by atoms with Crippen LogP contribution in [-0.2, 0) is 22.7 Å². The standard InChI is InChI=1S/C19H24N4O2S/c1-5-23-14-7-6-13(11-20-12-16-21-8-9-26-16)10-15(14)22(4)17(24)19(2,3)18(23)25/h6-10,20H,5,11-12H2,1-4H3. The van der Waals surface area contributed by atoms with Crippen LogP contribution in [0.2, 0.25) is 0 Å². The lowest BCUT2D eigenvalue weighted by atomic mass is 9.90. The molecule has 1 aliphatic heterocycles. The van der Waals surface area contributed by atoms with Crippen LogP contribution in [0.1, 0.15) is 31.3 Å². The van der Waals surface area contributed by atoms with Crippen molar-refractivity contribution in [3.63, 3.8) is 0 Å². The quantitative estimate of drug-likeness (QED) is 0.820. The molecule has 0 fully saturated rings. The molecule has 6 nitrogen and oxygen atoms in total. The van der Waals surface area contributed by atoms with Gasteiger partial charge in [0, 0.05) is 38.3 Å². The Kier molecular flexibility index (Phi) is 5.11. The Hall–Kier alpha value is -2.25. The van der Waals surface area contributed by atoms with Gasteiger partial charge in [0.2, 0.25) is 11.8 Å². The van der Waals surface area contributed by atoms with E-state index in [2.05, 4.69) is 10.3 Å². The van der Waals surface area contributed by atoms with Crippen LogP contribution in [0.5, 0.6) is 0 Å². The Morgan fingerprint density at radius 1 is 1.15 bits per heavy atom. The highest BCUT2D eigenvalue weighted by Gasteiger charge is 2.45. The third kappa shape index (κ3) is 3.24. The van der Waals surface area contributed by atoms with E-state index in [1.807, 2.05) is 30.5 Å². The number of carbonyl (C=O) groups is 2. The number of carbonyl (C=O) groups excluding carboxylic acids is 2. The molecule has 0 atom stereocenters. The van der Waals surface area contributed by atoms with Crippen LogP contribution in [0, 0.1) is 5.41 Å². The van der Waals surface area contributed by atoms with Gasteiger partial charge in [-0.25, -0.2) is 4.98 Å². The van der Waals surface area contributed by atoms with Crippen LogP contribution < -0.4 is 15.1 Å². The monoisotopic (exact) mass is 372 g/mol. The first-order valence-corrected chi connectivity index (χ1v) is 9.56. The molecule has 1 aromatic carbocycles. The fraction of sp³-hybridized carbons (Fsp3) is 0.421. The maximum atomic E-state index is 12.9. The van der Waals surface area contributed by atoms with Gasteiger partial charge in [-0.05, 0) is 38.5 Å². The molecule has 1 N–H and O–H groups in total. The van der Waals surface area contributed by atoms with E-state index in [4.69, 9.17) is 0 Å². The Balaban J connectivity index is 1.88. The molecule has 2 aromatic rings. The zero-order valence-electron chi connectivity index (χ0n) is 15.6. The number of aromatic nitrogens is 1. The van der Waals surface area contributed by atoms with E-state index in [1.54, 1.807) is 48.2 Å². The number of thiazole rings is 1. The van der Waals surface area contributed by atoms with Crippen LogP contribution in [0.4, 0.5) is 11.4 Å². The topological polar surface area (TPSA) is 65.5 Å². The van der Waals surface area contributed by atoms with Gasteiger partial charge in [-0.2, -0.15) is 0 Å². The summed E-state index contributed by atoms with van der Waals surface area (Å²) in [4.78, 5) is 33.3. The molecule has 2 heterocycles. The smallest absolute Gasteiger partial charge is 0.242 e. The highest BCUT2D eigenvalue weighted by atomic mass is 32.1. The number of rotatable bonds is 5. The molecule has 0 spiro atoms. The summed E-state index contributed by atoms with van der Waals surface area (Å²) >= 11 is 1.62. The van der Waals surface area contributed by atoms with E-state index in [1.165, 1.54) is 0 Å². The SMILES string of the molecule is CCN1C(=O)C(C)(C)C(=O)N(C)c2cc(CNCc3nccs3)ccc21. The highest BCUT2D eigenvalue weighted by Crippen LogP contribution is 2.38. The second kappa shape index (κ2) is 7.17. The van der Waals surface area contributed by atoms with Gasteiger partial charge < -0.3 is 15.1 Å². The van der Waals surface area contributed by atoms with Crippen molar-refractivity contribution >= 4 is 34.5 Å². The molecule has 3 rings (SSSR count). The maximum Gasteiger partial charge on any atom is 0.242 e. The van der Waals surface area contributed by atoms with Crippen molar-refractivity contribution in [2.75, 3.05) is 23.4 Å². The Labute approximate surface area is 157 Å². The van der Waals surface area contributed by atoms with Gasteiger partial charge in [0.15, 0.2) is 0 Å². The number of fused-ring (bicyclic) bond motifs is 1. The molecular formula is C19H24N4O2S. The molecule has 0 saturated heterocycles. The molecule has 0 unspecified atom stereocenters. The van der Waals surface area contributed by atoms with Crippen molar-refractivity contribution in [2.24, 2.45) is 5.41 Å². The van der Waals surface area contributed by atoms with Gasteiger partial charge in [0.25, 0.3) is 0 Å². The maximum absolute atomic E-state index is 12.9. The number of hydrogen-bond donors (Lipinski definition) is 1. The van der Waals surface area contributed by atoms with E-state index in [9.17, 15) is 9.59 Å². The zero-order chi connectivity index (χ0) is 18.9. The number of hydrogen-bond acceptors (Lipinski definition) is 5. The largest absolute Gasteiger partial charge is 0.313 e. The third-order valence-corrected chi connectivity index (χ3v) is 5.50. The van der Waals surface area contributed by atoms with Crippen LogP contribution >= 0.6 is 11.3 Å². The molecule has 0 bridgehead atoms. The zero-order valence-corrected chi connectivity index (χ0v) is 16.4. The molecule has 2 amide bonds. The van der Waals surface area contributed by atoms with Crippen molar-refractivity contribution < 1.29 is 9.59 Å². The van der Waals surface area contributed by atoms with Crippen LogP contribution in [-0.4, -0.2) is 30.4 Å². The normalized spacial score (nSPS) is 16.6. The van der Waals surface area contributed by atoms with Crippen molar-refractivity contribution in [3.8, 4) is 0 Å². The summed E-state index contributed by atoms with van der Waals surface area (Å²) in [5.74, 6) is -0.349. The Bertz CT molecular complexity index is 817. The summed E-state index contributed by atoms with van der Waals surface area (Å²) in [7, 11) is 1.74. The summed E-state index contributed by atoms with van der Waals surface area (Å²) in [5, 5.41) is 6.36. The summed E-state index contributed by atoms with van der Waals surface area (Å²) in [6, 6.07) is 5.92. The number of amides is 2. The predicted octanol–water partition coefficient (Wildman–Crippen LogP) is 2.79. The van der Waals surface area contributed by atoms with Crippen LogP contribution in [0.25, 0.3) is 0 Å². The Morgan fingerprint density at radius 3 is 2.58 bits per heavy atom. The predicted molar refractivity (Wildman–Crippen MR) is 104 cm³/mol. The van der Waals surface area contributed by atoms with E-state index in [-0.39, 0.29) is 11.8 Å². The molecule has 1 aromatic heterocycles. The van der Waals surface area contributed by atoms with Gasteiger partial charge in [-0.1, -0.05) is 6.07 Å². The lowest BCUT2D eigenvalue weighted by Crippen LogP contribution is -2.47. The molecule has 1 aliphatic rings. The van der Waals surface area contributed by atoms with Crippen molar-refractivity contribution in [1.82, 2.24) is 10.3 Å². The average molecular weight is 372 g/mol. The van der Waals surface area contributed by atoms with Gasteiger partial charge in [-0.15, -0.1) is 11.3 Å². The van der Waals surface area contributed by atoms with E-state index < -0.39 is 5.41 Å². The van der Waals surface area contributed by atoms with Gasteiger partial charge >= 0.3 is 0 Å². The van der Waals surface area contributed by atoms with E-state index >= 15 is 0 Å². The summed E-state index contributed by atoms with van der Waals surface area (Å²) in [6.45, 7) is 7.21. The minimum Gasteiger partial charge on any atom is -0.313 e. The second-order valence-corrected chi connectivity index (χ2v) is 7.87. The number of nitrogens with one attached hydrogen (secondary N) is 1. The van der Waals surface area contributed by atoms with Crippen molar-refractivity contribution in [3.05, 3.63) is 40.3 Å². The molecule has 0 radical (unpaired) electrons. The van der Waals surface area contributed by atoms with Crippen LogP contribution in [0.15, 0.2) is 29.8 Å².